The van der Waals surface area contributed by atoms with Crippen LogP contribution in [0.2, 0.25) is 0 Å². The molecule has 2 fully saturated rings. The van der Waals surface area contributed by atoms with Gasteiger partial charge in [-0.05, 0) is 69.5 Å². The van der Waals surface area contributed by atoms with Gasteiger partial charge in [-0.2, -0.15) is 4.98 Å². The molecule has 2 aliphatic heterocycles. The normalized spacial score (nSPS) is 20.0. The Morgan fingerprint density at radius 1 is 1.03 bits per heavy atom. The number of halogens is 1. The van der Waals surface area contributed by atoms with Crippen LogP contribution in [0.25, 0.3) is 11.3 Å². The number of ether oxygens (including phenoxy) is 1. The molecule has 4 heterocycles. The molecule has 2 aliphatic rings. The maximum absolute atomic E-state index is 13.6. The number of aliphatic hydroxyl groups excluding tert-OH is 1. The van der Waals surface area contributed by atoms with Gasteiger partial charge in [0.25, 0.3) is 0 Å². The van der Waals surface area contributed by atoms with E-state index in [0.29, 0.717) is 11.8 Å². The van der Waals surface area contributed by atoms with Crippen LogP contribution in [0.5, 0.6) is 5.75 Å². The number of hydrogen-bond donors (Lipinski definition) is 1. The minimum Gasteiger partial charge on any atom is -0.490 e. The summed E-state index contributed by atoms with van der Waals surface area (Å²) in [5.74, 6) is 3.00. The van der Waals surface area contributed by atoms with Crippen molar-refractivity contribution in [3.05, 3.63) is 54.0 Å². The number of nitrogens with zero attached hydrogens (tertiary/aromatic N) is 6. The number of hydrogen-bond acceptors (Lipinski definition) is 8. The van der Waals surface area contributed by atoms with Crippen LogP contribution < -0.4 is 19.4 Å². The molecule has 0 spiro atoms. The monoisotopic (exact) mass is 506 g/mol. The van der Waals surface area contributed by atoms with E-state index in [1.165, 1.54) is 12.1 Å². The van der Waals surface area contributed by atoms with Gasteiger partial charge in [0.1, 0.15) is 29.8 Å². The molecule has 5 rings (SSSR count). The second-order valence-electron chi connectivity index (χ2n) is 9.97. The molecular weight excluding hydrogens is 471 g/mol. The topological polar surface area (TPSA) is 77.9 Å². The fourth-order valence-corrected chi connectivity index (χ4v) is 5.30. The van der Waals surface area contributed by atoms with Crippen LogP contribution >= 0.6 is 0 Å². The largest absolute Gasteiger partial charge is 0.490 e. The smallest absolute Gasteiger partial charge is 0.228 e. The number of aliphatic hydroxyl groups is 1. The first-order valence-corrected chi connectivity index (χ1v) is 13.1. The van der Waals surface area contributed by atoms with Crippen molar-refractivity contribution in [3.8, 4) is 17.0 Å². The van der Waals surface area contributed by atoms with E-state index >= 15 is 0 Å². The lowest BCUT2D eigenvalue weighted by Crippen LogP contribution is -2.53. The predicted molar refractivity (Wildman–Crippen MR) is 144 cm³/mol. The van der Waals surface area contributed by atoms with Crippen molar-refractivity contribution in [2.75, 3.05) is 54.1 Å². The number of anilines is 3. The third-order valence-electron chi connectivity index (χ3n) is 7.26. The van der Waals surface area contributed by atoms with Crippen LogP contribution in [0.4, 0.5) is 22.0 Å². The van der Waals surface area contributed by atoms with Gasteiger partial charge in [-0.1, -0.05) is 0 Å². The van der Waals surface area contributed by atoms with Gasteiger partial charge < -0.3 is 24.5 Å². The summed E-state index contributed by atoms with van der Waals surface area (Å²) in [7, 11) is 0. The summed E-state index contributed by atoms with van der Waals surface area (Å²) in [5.41, 5.74) is 2.74. The van der Waals surface area contributed by atoms with E-state index in [4.69, 9.17) is 19.8 Å². The van der Waals surface area contributed by atoms with Gasteiger partial charge >= 0.3 is 0 Å². The molecule has 8 nitrogen and oxygen atoms in total. The van der Waals surface area contributed by atoms with Crippen LogP contribution in [-0.4, -0.2) is 71.5 Å². The number of aryl methyl sites for hydroxylation is 1. The van der Waals surface area contributed by atoms with Crippen LogP contribution in [0.1, 0.15) is 32.3 Å². The molecule has 0 radical (unpaired) electrons. The zero-order chi connectivity index (χ0) is 25.9. The van der Waals surface area contributed by atoms with E-state index < -0.39 is 0 Å². The Hall–Kier alpha value is -3.46. The van der Waals surface area contributed by atoms with E-state index in [1.54, 1.807) is 18.3 Å². The summed E-state index contributed by atoms with van der Waals surface area (Å²) in [5, 5.41) is 9.00. The summed E-state index contributed by atoms with van der Waals surface area (Å²) in [6.07, 6.45) is 3.98. The molecule has 3 aromatic rings. The first-order chi connectivity index (χ1) is 17.9. The van der Waals surface area contributed by atoms with Crippen molar-refractivity contribution in [1.82, 2.24) is 15.0 Å². The van der Waals surface area contributed by atoms with E-state index in [-0.39, 0.29) is 25.1 Å². The summed E-state index contributed by atoms with van der Waals surface area (Å²) in [6.45, 7) is 10.0. The second kappa shape index (κ2) is 10.9. The third kappa shape index (κ3) is 5.46. The molecule has 0 saturated carbocycles. The molecule has 196 valence electrons. The molecule has 0 amide bonds. The van der Waals surface area contributed by atoms with Crippen LogP contribution in [0.15, 0.2) is 42.6 Å². The Labute approximate surface area is 217 Å². The van der Waals surface area contributed by atoms with Gasteiger partial charge in [0.05, 0.1) is 18.5 Å². The lowest BCUT2D eigenvalue weighted by atomic mass is 10.1. The number of benzene rings is 1. The average Bonchev–Trinajstić information content (AvgIpc) is 3.33. The second-order valence-corrected chi connectivity index (χ2v) is 9.97. The van der Waals surface area contributed by atoms with Crippen LogP contribution in [0, 0.1) is 12.7 Å². The van der Waals surface area contributed by atoms with Crippen molar-refractivity contribution >= 4 is 17.6 Å². The van der Waals surface area contributed by atoms with Crippen molar-refractivity contribution in [2.45, 2.75) is 45.7 Å². The Bertz CT molecular complexity index is 1220. The zero-order valence-corrected chi connectivity index (χ0v) is 21.8. The number of pyridine rings is 1. The Morgan fingerprint density at radius 3 is 2.51 bits per heavy atom. The number of rotatable bonds is 7. The maximum Gasteiger partial charge on any atom is 0.228 e. The first-order valence-electron chi connectivity index (χ1n) is 13.1. The molecule has 0 bridgehead atoms. The molecular formula is C28H35FN6O2. The highest BCUT2D eigenvalue weighted by atomic mass is 19.1. The van der Waals surface area contributed by atoms with Crippen LogP contribution in [-0.2, 0) is 0 Å². The Balaban J connectivity index is 1.40. The van der Waals surface area contributed by atoms with E-state index in [0.717, 1.165) is 73.4 Å². The zero-order valence-electron chi connectivity index (χ0n) is 21.8. The molecule has 1 aromatic carbocycles. The highest BCUT2D eigenvalue weighted by Gasteiger charge is 2.29. The summed E-state index contributed by atoms with van der Waals surface area (Å²) in [6, 6.07) is 11.1. The van der Waals surface area contributed by atoms with Gasteiger partial charge in [-0.3, -0.25) is 0 Å². The lowest BCUT2D eigenvalue weighted by Gasteiger charge is -2.41. The minimum absolute atomic E-state index is 0.0232. The molecule has 37 heavy (non-hydrogen) atoms. The maximum atomic E-state index is 13.6. The Morgan fingerprint density at radius 2 is 1.84 bits per heavy atom. The minimum atomic E-state index is -0.256. The van der Waals surface area contributed by atoms with Gasteiger partial charge in [0.2, 0.25) is 5.95 Å². The molecule has 2 unspecified atom stereocenters. The van der Waals surface area contributed by atoms with E-state index in [2.05, 4.69) is 33.5 Å². The van der Waals surface area contributed by atoms with Gasteiger partial charge in [-0.25, -0.2) is 14.4 Å². The first kappa shape index (κ1) is 25.2. The summed E-state index contributed by atoms with van der Waals surface area (Å²) in [4.78, 5) is 21.5. The van der Waals surface area contributed by atoms with Crippen LogP contribution in [0.3, 0.4) is 0 Å². The summed E-state index contributed by atoms with van der Waals surface area (Å²) >= 11 is 0. The molecule has 2 saturated heterocycles. The molecule has 0 aliphatic carbocycles. The van der Waals surface area contributed by atoms with Crippen molar-refractivity contribution in [1.29, 1.82) is 0 Å². The summed E-state index contributed by atoms with van der Waals surface area (Å²) < 4.78 is 19.1. The van der Waals surface area contributed by atoms with Gasteiger partial charge in [0, 0.05) is 49.9 Å². The molecule has 9 heteroatoms. The van der Waals surface area contributed by atoms with Crippen molar-refractivity contribution < 1.29 is 14.2 Å². The number of piperazine rings is 1. The van der Waals surface area contributed by atoms with Gasteiger partial charge in [0.15, 0.2) is 0 Å². The average molecular weight is 507 g/mol. The molecule has 1 N–H and O–H groups in total. The molecule has 2 atom stereocenters. The van der Waals surface area contributed by atoms with E-state index in [1.807, 2.05) is 19.1 Å². The lowest BCUT2D eigenvalue weighted by molar-refractivity contribution is 0.201. The standard InChI is InChI=1S/C28H35FN6O2/c1-19-15-24(37-14-13-36)17-30-27(19)33-11-12-34(21(3)18-33)26-16-25(22-6-8-23(29)9-7-22)31-28(32-26)35-10-4-5-20(35)2/h6-9,15-17,20-21,36H,4-5,10-14,18H2,1-3H3. The quantitative estimate of drug-likeness (QED) is 0.514. The van der Waals surface area contributed by atoms with Crippen molar-refractivity contribution in [3.63, 3.8) is 0 Å². The predicted octanol–water partition coefficient (Wildman–Crippen LogP) is 4.06. The number of aromatic nitrogens is 3. The SMILES string of the molecule is Cc1cc(OCCO)cnc1N1CCN(c2cc(-c3ccc(F)cc3)nc(N3CCCC3C)n2)C(C)C1. The highest BCUT2D eigenvalue weighted by molar-refractivity contribution is 5.66. The third-order valence-corrected chi connectivity index (χ3v) is 7.26. The van der Waals surface area contributed by atoms with Gasteiger partial charge in [-0.15, -0.1) is 0 Å². The van der Waals surface area contributed by atoms with Crippen molar-refractivity contribution in [2.24, 2.45) is 0 Å². The Kier molecular flexibility index (Phi) is 7.41. The molecule has 2 aromatic heterocycles. The fourth-order valence-electron chi connectivity index (χ4n) is 5.30. The fraction of sp³-hybridized carbons (Fsp3) is 0.464. The highest BCUT2D eigenvalue weighted by Crippen LogP contribution is 2.31. The van der Waals surface area contributed by atoms with E-state index in [9.17, 15) is 4.39 Å².